The number of pyridine rings is 6. The molecule has 8 heterocycles. The van der Waals surface area contributed by atoms with Crippen LogP contribution in [0.4, 0.5) is 13.2 Å². The van der Waals surface area contributed by atoms with E-state index in [0.717, 1.165) is 61.7 Å². The predicted molar refractivity (Wildman–Crippen MR) is 333 cm³/mol. The molecule has 0 aliphatic rings. The summed E-state index contributed by atoms with van der Waals surface area (Å²) in [7, 11) is 0. The van der Waals surface area contributed by atoms with Crippen LogP contribution in [0.1, 0.15) is 49.6 Å². The van der Waals surface area contributed by atoms with E-state index in [4.69, 9.17) is 46.5 Å². The maximum atomic E-state index is 12.5. The van der Waals surface area contributed by atoms with Gasteiger partial charge in [-0.25, -0.2) is 21.9 Å². The van der Waals surface area contributed by atoms with Gasteiger partial charge in [-0.1, -0.05) is 70.9 Å². The number of nitrogens with zero attached hydrogens (tertiary/aromatic N) is 14. The standard InChI is InChI=1S/C14H7N2.C13H6F3N2.2C13H6N3.C10H5N2O.C10H5N2S.6Ir/c15-9-11-3-1-5-13-12(11)7-6-10-4-2-8-16-14(10)13;14-13(15,16)11-4-5-18-12(7-11)10-3-1-2-9(6-10)8-17;14-8-10-2-1-3-12(6-10)13-7-11(9-15)4-5-16-13;14-7-10-2-1-3-12(6-10)13-5-4-11(8-15)9-16-13;2*11-7-8-4-5-10(13-8)9-3-1-2-6-12-9;;;;;;/h1-4,6-8H;1-2,4-7H;1-2,4-7H;1-2,4-6,9H;2*1-4,6H;;;;;;/q6*-1;;;;;;. The summed E-state index contributed by atoms with van der Waals surface area (Å²) < 4.78 is 42.8. The van der Waals surface area contributed by atoms with Gasteiger partial charge < -0.3 is 34.3 Å². The van der Waals surface area contributed by atoms with E-state index in [9.17, 15) is 13.2 Å². The van der Waals surface area contributed by atoms with Crippen molar-refractivity contribution in [1.82, 2.24) is 29.9 Å². The number of aromatic nitrogens is 6. The Morgan fingerprint density at radius 3 is 1.45 bits per heavy atom. The van der Waals surface area contributed by atoms with Crippen LogP contribution >= 0.6 is 11.3 Å². The van der Waals surface area contributed by atoms with E-state index in [-0.39, 0.29) is 132 Å². The van der Waals surface area contributed by atoms with Crippen LogP contribution in [0.15, 0.2) is 218 Å². The van der Waals surface area contributed by atoms with E-state index in [0.29, 0.717) is 66.7 Å². The molecule has 13 rings (SSSR count). The van der Waals surface area contributed by atoms with E-state index in [2.05, 4.69) is 90.6 Å². The van der Waals surface area contributed by atoms with Crippen molar-refractivity contribution in [3.63, 3.8) is 0 Å². The summed E-state index contributed by atoms with van der Waals surface area (Å²) in [5.74, 6) is 0.748. The van der Waals surface area contributed by atoms with Gasteiger partial charge in [0.2, 0.25) is 0 Å². The Labute approximate surface area is 646 Å². The Hall–Kier alpha value is -9.89. The molecule has 0 fully saturated rings. The first-order valence-corrected chi connectivity index (χ1v) is 27.5. The summed E-state index contributed by atoms with van der Waals surface area (Å²) in [6, 6.07) is 82.9. The van der Waals surface area contributed by atoms with Gasteiger partial charge in [0.15, 0.2) is 0 Å². The van der Waals surface area contributed by atoms with Gasteiger partial charge in [0.1, 0.15) is 6.07 Å². The van der Waals surface area contributed by atoms with Gasteiger partial charge in [-0.05, 0) is 92.3 Å². The third-order valence-electron chi connectivity index (χ3n) is 12.3. The van der Waals surface area contributed by atoms with Crippen molar-refractivity contribution in [2.75, 3.05) is 0 Å². The second kappa shape index (κ2) is 43.3. The fourth-order valence-electron chi connectivity index (χ4n) is 7.94. The van der Waals surface area contributed by atoms with E-state index < -0.39 is 11.7 Å². The van der Waals surface area contributed by atoms with E-state index in [1.807, 2.05) is 78.9 Å². The molecule has 0 spiro atoms. The Morgan fingerprint density at radius 1 is 0.398 bits per heavy atom. The molecule has 0 unspecified atom stereocenters. The number of thiophene rings is 1. The summed E-state index contributed by atoms with van der Waals surface area (Å²) in [6.45, 7) is 0. The Morgan fingerprint density at radius 2 is 0.939 bits per heavy atom. The largest absolute Gasteiger partial charge is 0.527 e. The minimum Gasteiger partial charge on any atom is -0.527 e. The molecule has 25 heteroatoms. The smallest absolute Gasteiger partial charge is 0.415 e. The van der Waals surface area contributed by atoms with Crippen molar-refractivity contribution in [1.29, 1.82) is 42.1 Å². The zero-order valence-electron chi connectivity index (χ0n) is 49.4. The van der Waals surface area contributed by atoms with Crippen LogP contribution in [-0.4, -0.2) is 29.9 Å². The van der Waals surface area contributed by atoms with Crippen molar-refractivity contribution in [2.24, 2.45) is 0 Å². The molecule has 15 nitrogen and oxygen atoms in total. The average molecular weight is 2370 g/mol. The molecule has 0 bridgehead atoms. The van der Waals surface area contributed by atoms with Crippen molar-refractivity contribution >= 4 is 33.0 Å². The quantitative estimate of drug-likeness (QED) is 0.114. The molecule has 490 valence electrons. The number of halogens is 3. The fraction of sp³-hybridized carbons (Fsp3) is 0.0137. The maximum Gasteiger partial charge on any atom is 0.415 e. The van der Waals surface area contributed by atoms with Crippen molar-refractivity contribution < 1.29 is 138 Å². The van der Waals surface area contributed by atoms with Crippen LogP contribution in [0.2, 0.25) is 0 Å². The third kappa shape index (κ3) is 24.3. The van der Waals surface area contributed by atoms with E-state index >= 15 is 0 Å². The minimum absolute atomic E-state index is 0. The normalized spacial score (nSPS) is 9.21. The van der Waals surface area contributed by atoms with Crippen LogP contribution < -0.4 is 0 Å². The number of hydrogen-bond donors (Lipinski definition) is 0. The molecule has 0 saturated heterocycles. The van der Waals surface area contributed by atoms with Gasteiger partial charge in [-0.2, -0.15) is 50.8 Å². The zero-order chi connectivity index (χ0) is 65.1. The van der Waals surface area contributed by atoms with Gasteiger partial charge >= 0.3 is 6.18 Å². The topological polar surface area (TPSA) is 281 Å². The number of furan rings is 1. The Kier molecular flexibility index (Phi) is 37.2. The van der Waals surface area contributed by atoms with Crippen LogP contribution in [0.3, 0.4) is 0 Å². The van der Waals surface area contributed by atoms with Crippen LogP contribution in [0, 0.1) is 127 Å². The molecule has 0 aliphatic carbocycles. The van der Waals surface area contributed by atoms with Gasteiger partial charge in [0, 0.05) is 191 Å². The first kappa shape index (κ1) is 84.2. The van der Waals surface area contributed by atoms with Crippen LogP contribution in [-0.2, 0) is 127 Å². The number of fused-ring (bicyclic) bond motifs is 3. The molecule has 5 aromatic carbocycles. The van der Waals surface area contributed by atoms with Crippen molar-refractivity contribution in [3.05, 3.63) is 299 Å². The molecule has 0 aliphatic heterocycles. The molecular weight excluding hydrogens is 2330 g/mol. The van der Waals surface area contributed by atoms with E-state index in [1.54, 1.807) is 110 Å². The van der Waals surface area contributed by atoms with Crippen molar-refractivity contribution in [3.8, 4) is 104 Å². The third-order valence-corrected chi connectivity index (χ3v) is 13.2. The second-order valence-corrected chi connectivity index (χ2v) is 19.3. The average Bonchev–Trinajstić information content (AvgIpc) is 0.847. The summed E-state index contributed by atoms with van der Waals surface area (Å²) >= 11 is 1.41. The van der Waals surface area contributed by atoms with Crippen molar-refractivity contribution in [2.45, 2.75) is 6.18 Å². The predicted octanol–water partition coefficient (Wildman–Crippen LogP) is 15.6. The van der Waals surface area contributed by atoms with Gasteiger partial charge in [-0.15, -0.1) is 131 Å². The number of hydrogen-bond acceptors (Lipinski definition) is 16. The first-order chi connectivity index (χ1) is 44.9. The number of alkyl halides is 3. The van der Waals surface area contributed by atoms with Crippen LogP contribution in [0.5, 0.6) is 0 Å². The summed E-state index contributed by atoms with van der Waals surface area (Å²) in [6.07, 6.45) is 4.90. The van der Waals surface area contributed by atoms with Gasteiger partial charge in [0.05, 0.1) is 47.7 Å². The molecule has 98 heavy (non-hydrogen) atoms. The molecule has 0 N–H and O–H groups in total. The molecule has 8 aromatic heterocycles. The molecule has 0 atom stereocenters. The SMILES string of the molecule is N#Cc1c[c-]c(-c2ccccn2)o1.N#Cc1c[c-]c(-c2ccccn2)s1.N#Cc1cc[c-]c(-c2cc(C#N)ccn2)c1.N#Cc1cc[c-]c(-c2cc(C(F)(F)F)ccn2)c1.N#Cc1cc[c-]c2c1ccc1cccnc12.N#Cc1ccc(-c2[c-]ccc(C#N)c2)nc1.[Ir].[Ir].[Ir].[Ir].[Ir].[Ir]. The first-order valence-electron chi connectivity index (χ1n) is 26.6. The molecule has 0 amide bonds. The summed E-state index contributed by atoms with van der Waals surface area (Å²) in [5, 5.41) is 72.7. The van der Waals surface area contributed by atoms with Gasteiger partial charge in [-0.3, -0.25) is 0 Å². The summed E-state index contributed by atoms with van der Waals surface area (Å²) in [5.41, 5.74) is 8.20. The second-order valence-electron chi connectivity index (χ2n) is 18.2. The number of nitriles is 8. The maximum absolute atomic E-state index is 12.5. The van der Waals surface area contributed by atoms with Gasteiger partial charge in [0.25, 0.3) is 0 Å². The number of rotatable bonds is 5. The van der Waals surface area contributed by atoms with E-state index in [1.165, 1.54) is 41.8 Å². The number of benzene rings is 5. The monoisotopic (exact) mass is 2370 g/mol. The Balaban J connectivity index is 0.000000396. The Bertz CT molecular complexity index is 4950. The zero-order valence-corrected chi connectivity index (χ0v) is 64.6. The fourth-order valence-corrected chi connectivity index (χ4v) is 8.67. The van der Waals surface area contributed by atoms with Crippen LogP contribution in [0.25, 0.3) is 77.5 Å². The molecule has 6 radical (unpaired) electrons. The summed E-state index contributed by atoms with van der Waals surface area (Å²) in [4.78, 5) is 26.3. The minimum atomic E-state index is -4.41. The molecular formula is C73H35F3Ir6N14OS-6. The molecule has 0 saturated carbocycles. The molecule has 13 aromatic rings.